The van der Waals surface area contributed by atoms with Crippen LogP contribution in [-0.2, 0) is 4.79 Å². The average molecular weight is 239 g/mol. The molecule has 2 fully saturated rings. The van der Waals surface area contributed by atoms with E-state index in [0.29, 0.717) is 18.5 Å². The van der Waals surface area contributed by atoms with Crippen LogP contribution in [0, 0.1) is 5.92 Å². The highest BCUT2D eigenvalue weighted by atomic mass is 16.2. The first kappa shape index (κ1) is 12.8. The van der Waals surface area contributed by atoms with Gasteiger partial charge in [0.25, 0.3) is 0 Å². The van der Waals surface area contributed by atoms with Crippen molar-refractivity contribution >= 4 is 5.91 Å². The van der Waals surface area contributed by atoms with Crippen LogP contribution >= 0.6 is 0 Å². The van der Waals surface area contributed by atoms with Gasteiger partial charge >= 0.3 is 0 Å². The highest BCUT2D eigenvalue weighted by molar-refractivity contribution is 5.78. The predicted octanol–water partition coefficient (Wildman–Crippen LogP) is 0.716. The summed E-state index contributed by atoms with van der Waals surface area (Å²) in [5.41, 5.74) is 5.57. The van der Waals surface area contributed by atoms with E-state index in [1.54, 1.807) is 0 Å². The Kier molecular flexibility index (Phi) is 4.80. The Balaban J connectivity index is 1.63. The number of amides is 1. The van der Waals surface area contributed by atoms with Gasteiger partial charge in [-0.2, -0.15) is 0 Å². The van der Waals surface area contributed by atoms with Crippen molar-refractivity contribution in [3.05, 3.63) is 0 Å². The van der Waals surface area contributed by atoms with Crippen LogP contribution in [0.3, 0.4) is 0 Å². The third kappa shape index (κ3) is 3.96. The Bertz CT molecular complexity index is 243. The van der Waals surface area contributed by atoms with Gasteiger partial charge in [-0.05, 0) is 25.3 Å². The second-order valence-corrected chi connectivity index (χ2v) is 5.55. The molecule has 1 saturated carbocycles. The van der Waals surface area contributed by atoms with Crippen LogP contribution < -0.4 is 11.1 Å². The molecule has 0 spiro atoms. The number of nitrogens with two attached hydrogens (primary N) is 1. The number of hydrogen-bond donors (Lipinski definition) is 2. The molecule has 4 heteroatoms. The van der Waals surface area contributed by atoms with Crippen molar-refractivity contribution in [2.75, 3.05) is 26.2 Å². The van der Waals surface area contributed by atoms with Crippen LogP contribution in [0.2, 0.25) is 0 Å². The smallest absolute Gasteiger partial charge is 0.234 e. The van der Waals surface area contributed by atoms with Crippen molar-refractivity contribution in [2.24, 2.45) is 11.7 Å². The molecule has 2 rings (SSSR count). The van der Waals surface area contributed by atoms with Crippen molar-refractivity contribution < 1.29 is 4.79 Å². The van der Waals surface area contributed by atoms with E-state index in [-0.39, 0.29) is 5.91 Å². The van der Waals surface area contributed by atoms with Gasteiger partial charge in [0.05, 0.1) is 6.54 Å². The molecule has 0 bridgehead atoms. The third-order valence-electron chi connectivity index (χ3n) is 3.95. The Hall–Kier alpha value is -0.610. The molecule has 1 saturated heterocycles. The first-order valence-electron chi connectivity index (χ1n) is 6.99. The van der Waals surface area contributed by atoms with Crippen LogP contribution in [0.5, 0.6) is 0 Å². The lowest BCUT2D eigenvalue weighted by molar-refractivity contribution is -0.124. The van der Waals surface area contributed by atoms with E-state index in [1.165, 1.54) is 25.7 Å². The summed E-state index contributed by atoms with van der Waals surface area (Å²) in [7, 11) is 0. The van der Waals surface area contributed by atoms with Gasteiger partial charge < -0.3 is 11.1 Å². The van der Waals surface area contributed by atoms with E-state index in [2.05, 4.69) is 10.2 Å². The molecule has 0 unspecified atom stereocenters. The summed E-state index contributed by atoms with van der Waals surface area (Å²) in [5.74, 6) is 0.813. The summed E-state index contributed by atoms with van der Waals surface area (Å²) in [6.07, 6.45) is 7.52. The molecule has 17 heavy (non-hydrogen) atoms. The number of hydrogen-bond acceptors (Lipinski definition) is 3. The molecule has 0 atom stereocenters. The van der Waals surface area contributed by atoms with E-state index in [1.807, 2.05) is 0 Å². The normalized spacial score (nSPS) is 24.1. The molecule has 3 N–H and O–H groups in total. The lowest BCUT2D eigenvalue weighted by atomic mass is 10.0. The fourth-order valence-electron chi connectivity index (χ4n) is 2.86. The SMILES string of the molecule is NCC1CN(CC(=O)NC2CCCCCC2)C1. The molecule has 2 aliphatic rings. The molecule has 1 amide bonds. The highest BCUT2D eigenvalue weighted by Crippen LogP contribution is 2.17. The Labute approximate surface area is 104 Å². The Morgan fingerprint density at radius 1 is 1.18 bits per heavy atom. The van der Waals surface area contributed by atoms with Gasteiger partial charge in [0.1, 0.15) is 0 Å². The third-order valence-corrected chi connectivity index (χ3v) is 3.95. The number of likely N-dealkylation sites (tertiary alicyclic amines) is 1. The fraction of sp³-hybridized carbons (Fsp3) is 0.923. The van der Waals surface area contributed by atoms with Crippen molar-refractivity contribution in [1.29, 1.82) is 0 Å². The largest absolute Gasteiger partial charge is 0.352 e. The highest BCUT2D eigenvalue weighted by Gasteiger charge is 2.27. The molecule has 0 aromatic heterocycles. The summed E-state index contributed by atoms with van der Waals surface area (Å²) in [4.78, 5) is 14.0. The molecule has 0 aromatic rings. The topological polar surface area (TPSA) is 58.4 Å². The van der Waals surface area contributed by atoms with Gasteiger partial charge in [-0.1, -0.05) is 25.7 Å². The maximum Gasteiger partial charge on any atom is 0.234 e. The predicted molar refractivity (Wildman–Crippen MR) is 68.6 cm³/mol. The van der Waals surface area contributed by atoms with Crippen LogP contribution in [0.15, 0.2) is 0 Å². The number of rotatable bonds is 4. The molecular weight excluding hydrogens is 214 g/mol. The zero-order valence-electron chi connectivity index (χ0n) is 10.7. The van der Waals surface area contributed by atoms with Crippen LogP contribution in [0.4, 0.5) is 0 Å². The minimum Gasteiger partial charge on any atom is -0.352 e. The second-order valence-electron chi connectivity index (χ2n) is 5.55. The molecule has 0 aromatic carbocycles. The monoisotopic (exact) mass is 239 g/mol. The minimum absolute atomic E-state index is 0.201. The molecule has 0 radical (unpaired) electrons. The zero-order chi connectivity index (χ0) is 12.1. The Morgan fingerprint density at radius 2 is 1.82 bits per heavy atom. The summed E-state index contributed by atoms with van der Waals surface area (Å²) in [5, 5.41) is 3.18. The van der Waals surface area contributed by atoms with Gasteiger partial charge in [0, 0.05) is 19.1 Å². The summed E-state index contributed by atoms with van der Waals surface area (Å²) >= 11 is 0. The van der Waals surface area contributed by atoms with Crippen LogP contribution in [0.1, 0.15) is 38.5 Å². The fourth-order valence-corrected chi connectivity index (χ4v) is 2.86. The molecule has 98 valence electrons. The average Bonchev–Trinajstić information content (AvgIpc) is 2.51. The van der Waals surface area contributed by atoms with Gasteiger partial charge in [-0.25, -0.2) is 0 Å². The van der Waals surface area contributed by atoms with E-state index in [0.717, 1.165) is 32.5 Å². The number of nitrogens with one attached hydrogen (secondary N) is 1. The minimum atomic E-state index is 0.201. The van der Waals surface area contributed by atoms with Crippen LogP contribution in [-0.4, -0.2) is 43.0 Å². The molecule has 1 aliphatic heterocycles. The van der Waals surface area contributed by atoms with E-state index >= 15 is 0 Å². The van der Waals surface area contributed by atoms with Crippen molar-refractivity contribution in [1.82, 2.24) is 10.2 Å². The lowest BCUT2D eigenvalue weighted by Gasteiger charge is -2.38. The maximum atomic E-state index is 11.8. The van der Waals surface area contributed by atoms with Gasteiger partial charge in [-0.3, -0.25) is 9.69 Å². The second kappa shape index (κ2) is 6.36. The van der Waals surface area contributed by atoms with Gasteiger partial charge in [-0.15, -0.1) is 0 Å². The Morgan fingerprint density at radius 3 is 2.41 bits per heavy atom. The van der Waals surface area contributed by atoms with Gasteiger partial charge in [0.2, 0.25) is 5.91 Å². The number of carbonyl (C=O) groups is 1. The zero-order valence-corrected chi connectivity index (χ0v) is 10.7. The lowest BCUT2D eigenvalue weighted by Crippen LogP contribution is -2.53. The summed E-state index contributed by atoms with van der Waals surface area (Å²) in [6.45, 7) is 3.30. The molecule has 1 heterocycles. The quantitative estimate of drug-likeness (QED) is 0.711. The van der Waals surface area contributed by atoms with Gasteiger partial charge in [0.15, 0.2) is 0 Å². The van der Waals surface area contributed by atoms with Crippen molar-refractivity contribution in [2.45, 2.75) is 44.6 Å². The molecule has 1 aliphatic carbocycles. The molecule has 4 nitrogen and oxygen atoms in total. The maximum absolute atomic E-state index is 11.8. The first-order chi connectivity index (χ1) is 8.28. The first-order valence-corrected chi connectivity index (χ1v) is 6.99. The summed E-state index contributed by atoms with van der Waals surface area (Å²) in [6, 6.07) is 0.427. The number of nitrogens with zero attached hydrogens (tertiary/aromatic N) is 1. The molecular formula is C13H25N3O. The van der Waals surface area contributed by atoms with E-state index < -0.39 is 0 Å². The standard InChI is InChI=1S/C13H25N3O/c14-7-11-8-16(9-11)10-13(17)15-12-5-3-1-2-4-6-12/h11-12H,1-10,14H2,(H,15,17). The van der Waals surface area contributed by atoms with Crippen molar-refractivity contribution in [3.63, 3.8) is 0 Å². The summed E-state index contributed by atoms with van der Waals surface area (Å²) < 4.78 is 0. The van der Waals surface area contributed by atoms with Crippen LogP contribution in [0.25, 0.3) is 0 Å². The number of carbonyl (C=O) groups excluding carboxylic acids is 1. The van der Waals surface area contributed by atoms with Crippen molar-refractivity contribution in [3.8, 4) is 0 Å². The van der Waals surface area contributed by atoms with E-state index in [9.17, 15) is 4.79 Å². The van der Waals surface area contributed by atoms with E-state index in [4.69, 9.17) is 5.73 Å².